The van der Waals surface area contributed by atoms with Crippen LogP contribution in [0.2, 0.25) is 0 Å². The summed E-state index contributed by atoms with van der Waals surface area (Å²) >= 11 is 0. The predicted molar refractivity (Wildman–Crippen MR) is 88.8 cm³/mol. The standard InChI is InChI=1S/C20H18O3/c21-11-18-8-17-7-15(4-3-14(17)9-20(18)23)19(22)10-16-6-12-1-2-13(16)5-12/h1-4,7-9,11-13,16,23H,5-6,10H2. The van der Waals surface area contributed by atoms with Crippen molar-refractivity contribution in [2.45, 2.75) is 19.3 Å². The summed E-state index contributed by atoms with van der Waals surface area (Å²) in [5.41, 5.74) is 0.937. The molecule has 4 rings (SSSR count). The monoisotopic (exact) mass is 306 g/mol. The Morgan fingerprint density at radius 3 is 2.70 bits per heavy atom. The Morgan fingerprint density at radius 1 is 1.13 bits per heavy atom. The van der Waals surface area contributed by atoms with E-state index in [1.165, 1.54) is 6.42 Å². The van der Waals surface area contributed by atoms with Crippen LogP contribution in [0.15, 0.2) is 42.5 Å². The fourth-order valence-corrected chi connectivity index (χ4v) is 4.06. The van der Waals surface area contributed by atoms with Gasteiger partial charge in [0.1, 0.15) is 5.75 Å². The van der Waals surface area contributed by atoms with E-state index in [4.69, 9.17) is 0 Å². The first-order valence-corrected chi connectivity index (χ1v) is 8.07. The van der Waals surface area contributed by atoms with E-state index >= 15 is 0 Å². The fraction of sp³-hybridized carbons (Fsp3) is 0.300. The summed E-state index contributed by atoms with van der Waals surface area (Å²) in [6.45, 7) is 0. The number of benzene rings is 2. The zero-order valence-corrected chi connectivity index (χ0v) is 12.7. The van der Waals surface area contributed by atoms with E-state index < -0.39 is 0 Å². The summed E-state index contributed by atoms with van der Waals surface area (Å²) in [5.74, 6) is 1.85. The summed E-state index contributed by atoms with van der Waals surface area (Å²) in [4.78, 5) is 23.6. The maximum absolute atomic E-state index is 12.6. The van der Waals surface area contributed by atoms with Crippen molar-refractivity contribution in [3.8, 4) is 5.75 Å². The molecule has 116 valence electrons. The first-order chi connectivity index (χ1) is 11.1. The lowest BCUT2D eigenvalue weighted by Crippen LogP contribution is -2.13. The molecule has 2 bridgehead atoms. The van der Waals surface area contributed by atoms with Crippen LogP contribution in [0.5, 0.6) is 5.75 Å². The van der Waals surface area contributed by atoms with Gasteiger partial charge in [0.25, 0.3) is 0 Å². The number of carbonyl (C=O) groups excluding carboxylic acids is 2. The fourth-order valence-electron chi connectivity index (χ4n) is 4.06. The van der Waals surface area contributed by atoms with Crippen molar-refractivity contribution in [3.05, 3.63) is 53.6 Å². The lowest BCUT2D eigenvalue weighted by Gasteiger charge is -2.17. The van der Waals surface area contributed by atoms with Crippen LogP contribution in [-0.2, 0) is 0 Å². The molecule has 0 saturated heterocycles. The maximum Gasteiger partial charge on any atom is 0.163 e. The van der Waals surface area contributed by atoms with Crippen LogP contribution >= 0.6 is 0 Å². The highest BCUT2D eigenvalue weighted by molar-refractivity contribution is 6.01. The van der Waals surface area contributed by atoms with Crippen molar-refractivity contribution in [3.63, 3.8) is 0 Å². The van der Waals surface area contributed by atoms with E-state index in [-0.39, 0.29) is 17.1 Å². The molecule has 2 aromatic carbocycles. The Bertz CT molecular complexity index is 834. The number of phenolic OH excluding ortho intramolecular Hbond substituents is 1. The topological polar surface area (TPSA) is 54.4 Å². The molecule has 3 nitrogen and oxygen atoms in total. The SMILES string of the molecule is O=Cc1cc2cc(C(=O)CC3CC4C=CC3C4)ccc2cc1O. The van der Waals surface area contributed by atoms with Gasteiger partial charge in [-0.3, -0.25) is 9.59 Å². The highest BCUT2D eigenvalue weighted by Crippen LogP contribution is 2.45. The van der Waals surface area contributed by atoms with Gasteiger partial charge in [-0.2, -0.15) is 0 Å². The van der Waals surface area contributed by atoms with Crippen LogP contribution in [0.25, 0.3) is 10.8 Å². The second-order valence-corrected chi connectivity index (χ2v) is 6.76. The summed E-state index contributed by atoms with van der Waals surface area (Å²) in [6.07, 6.45) is 8.11. The lowest BCUT2D eigenvalue weighted by molar-refractivity contribution is 0.0954. The van der Waals surface area contributed by atoms with Crippen molar-refractivity contribution >= 4 is 22.8 Å². The number of aldehydes is 1. The zero-order valence-electron chi connectivity index (χ0n) is 12.7. The molecule has 3 atom stereocenters. The molecule has 2 aromatic rings. The van der Waals surface area contributed by atoms with Gasteiger partial charge in [0, 0.05) is 12.0 Å². The number of carbonyl (C=O) groups is 2. The van der Waals surface area contributed by atoms with Gasteiger partial charge in [0.05, 0.1) is 5.56 Å². The number of hydrogen-bond acceptors (Lipinski definition) is 3. The minimum Gasteiger partial charge on any atom is -0.507 e. The molecule has 3 heteroatoms. The number of Topliss-reactive ketones (excluding diaryl/α,β-unsaturated/α-hetero) is 1. The van der Waals surface area contributed by atoms with Gasteiger partial charge >= 0.3 is 0 Å². The molecule has 0 radical (unpaired) electrons. The third kappa shape index (κ3) is 2.46. The summed E-state index contributed by atoms with van der Waals surface area (Å²) in [5, 5.41) is 11.4. The van der Waals surface area contributed by atoms with E-state index in [0.717, 1.165) is 17.2 Å². The molecular formula is C20H18O3. The van der Waals surface area contributed by atoms with Gasteiger partial charge in [-0.25, -0.2) is 0 Å². The molecule has 23 heavy (non-hydrogen) atoms. The highest BCUT2D eigenvalue weighted by atomic mass is 16.3. The van der Waals surface area contributed by atoms with E-state index in [1.54, 1.807) is 12.1 Å². The molecule has 1 saturated carbocycles. The largest absolute Gasteiger partial charge is 0.507 e. The van der Waals surface area contributed by atoms with Gasteiger partial charge in [0.2, 0.25) is 0 Å². The molecule has 2 aliphatic rings. The van der Waals surface area contributed by atoms with E-state index in [0.29, 0.717) is 36.0 Å². The van der Waals surface area contributed by atoms with Gasteiger partial charge in [-0.15, -0.1) is 0 Å². The van der Waals surface area contributed by atoms with Crippen LogP contribution < -0.4 is 0 Å². The Hall–Kier alpha value is -2.42. The van der Waals surface area contributed by atoms with Crippen LogP contribution in [0.4, 0.5) is 0 Å². The Balaban J connectivity index is 1.60. The minimum atomic E-state index is -0.0275. The van der Waals surface area contributed by atoms with Crippen LogP contribution in [-0.4, -0.2) is 17.2 Å². The van der Waals surface area contributed by atoms with Crippen molar-refractivity contribution in [1.29, 1.82) is 0 Å². The predicted octanol–water partition coefficient (Wildman–Crippen LogP) is 4.14. The maximum atomic E-state index is 12.6. The molecule has 0 amide bonds. The zero-order chi connectivity index (χ0) is 16.0. The smallest absolute Gasteiger partial charge is 0.163 e. The molecular weight excluding hydrogens is 288 g/mol. The number of aromatic hydroxyl groups is 1. The average molecular weight is 306 g/mol. The number of fused-ring (bicyclic) bond motifs is 3. The molecule has 1 fully saturated rings. The quantitative estimate of drug-likeness (QED) is 0.524. The Morgan fingerprint density at radius 2 is 2.00 bits per heavy atom. The first-order valence-electron chi connectivity index (χ1n) is 8.07. The van der Waals surface area contributed by atoms with Crippen molar-refractivity contribution in [2.24, 2.45) is 17.8 Å². The van der Waals surface area contributed by atoms with Crippen molar-refractivity contribution < 1.29 is 14.7 Å². The lowest BCUT2D eigenvalue weighted by atomic mass is 9.87. The third-order valence-corrected chi connectivity index (χ3v) is 5.30. The summed E-state index contributed by atoms with van der Waals surface area (Å²) in [7, 11) is 0. The molecule has 0 spiro atoms. The van der Waals surface area contributed by atoms with E-state index in [1.807, 2.05) is 18.2 Å². The van der Waals surface area contributed by atoms with E-state index in [2.05, 4.69) is 12.2 Å². The Labute approximate surface area is 134 Å². The third-order valence-electron chi connectivity index (χ3n) is 5.30. The van der Waals surface area contributed by atoms with Crippen LogP contribution in [0.1, 0.15) is 40.0 Å². The van der Waals surface area contributed by atoms with Gasteiger partial charge < -0.3 is 5.11 Å². The molecule has 0 aliphatic heterocycles. The molecule has 3 unspecified atom stereocenters. The number of rotatable bonds is 4. The molecule has 2 aliphatic carbocycles. The van der Waals surface area contributed by atoms with E-state index in [9.17, 15) is 14.7 Å². The van der Waals surface area contributed by atoms with Gasteiger partial charge in [0.15, 0.2) is 12.1 Å². The molecule has 0 heterocycles. The number of allylic oxidation sites excluding steroid dienone is 2. The number of ketones is 1. The average Bonchev–Trinajstić information content (AvgIpc) is 3.16. The highest BCUT2D eigenvalue weighted by Gasteiger charge is 2.36. The first kappa shape index (κ1) is 14.2. The molecule has 0 aromatic heterocycles. The minimum absolute atomic E-state index is 0.0275. The van der Waals surface area contributed by atoms with Crippen molar-refractivity contribution in [1.82, 2.24) is 0 Å². The van der Waals surface area contributed by atoms with Crippen LogP contribution in [0.3, 0.4) is 0 Å². The second-order valence-electron chi connectivity index (χ2n) is 6.76. The van der Waals surface area contributed by atoms with Gasteiger partial charge in [-0.1, -0.05) is 24.3 Å². The summed E-state index contributed by atoms with van der Waals surface area (Å²) < 4.78 is 0. The van der Waals surface area contributed by atoms with Crippen molar-refractivity contribution in [2.75, 3.05) is 0 Å². The number of phenols is 1. The Kier molecular flexibility index (Phi) is 3.29. The second kappa shape index (κ2) is 5.34. The normalized spacial score (nSPS) is 25.1. The molecule has 1 N–H and O–H groups in total. The van der Waals surface area contributed by atoms with Gasteiger partial charge in [-0.05, 0) is 59.6 Å². The summed E-state index contributed by atoms with van der Waals surface area (Å²) in [6, 6.07) is 8.67. The van der Waals surface area contributed by atoms with Crippen LogP contribution in [0, 0.1) is 17.8 Å². The number of hydrogen-bond donors (Lipinski definition) is 1.